The maximum atomic E-state index is 12.7. The van der Waals surface area contributed by atoms with E-state index in [1.54, 1.807) is 6.20 Å². The monoisotopic (exact) mass is 422 g/mol. The number of benzene rings is 2. The number of halogens is 1. The van der Waals surface area contributed by atoms with E-state index in [9.17, 15) is 4.79 Å². The van der Waals surface area contributed by atoms with Gasteiger partial charge in [0, 0.05) is 43.0 Å². The Morgan fingerprint density at radius 3 is 2.63 bits per heavy atom. The van der Waals surface area contributed by atoms with Crippen LogP contribution < -0.4 is 5.32 Å². The molecule has 5 nitrogen and oxygen atoms in total. The summed E-state index contributed by atoms with van der Waals surface area (Å²) in [6.45, 7) is 4.03. The Labute approximate surface area is 182 Å². The molecule has 0 spiro atoms. The zero-order chi connectivity index (χ0) is 20.8. The van der Waals surface area contributed by atoms with Gasteiger partial charge in [-0.3, -0.25) is 9.69 Å². The molecule has 2 aromatic carbocycles. The van der Waals surface area contributed by atoms with Gasteiger partial charge in [0.15, 0.2) is 0 Å². The highest BCUT2D eigenvalue weighted by Gasteiger charge is 2.25. The van der Waals surface area contributed by atoms with E-state index in [-0.39, 0.29) is 11.8 Å². The quantitative estimate of drug-likeness (QED) is 0.623. The van der Waals surface area contributed by atoms with Gasteiger partial charge in [-0.05, 0) is 48.7 Å². The zero-order valence-corrected chi connectivity index (χ0v) is 17.8. The molecular formula is C24H27ClN4O. The molecule has 0 radical (unpaired) electrons. The second-order valence-electron chi connectivity index (χ2n) is 7.91. The van der Waals surface area contributed by atoms with Gasteiger partial charge in [0.2, 0.25) is 5.91 Å². The molecule has 1 saturated heterocycles. The summed E-state index contributed by atoms with van der Waals surface area (Å²) < 4.78 is 2.04. The molecule has 1 fully saturated rings. The first-order valence-corrected chi connectivity index (χ1v) is 10.8. The van der Waals surface area contributed by atoms with Gasteiger partial charge in [-0.2, -0.15) is 0 Å². The average Bonchev–Trinajstić information content (AvgIpc) is 3.27. The zero-order valence-electron chi connectivity index (χ0n) is 17.0. The number of carbonyl (C=O) groups is 1. The number of amides is 1. The fraction of sp³-hybridized carbons (Fsp3) is 0.333. The number of piperidine rings is 1. The van der Waals surface area contributed by atoms with Gasteiger partial charge in [-0.15, -0.1) is 0 Å². The smallest absolute Gasteiger partial charge is 0.223 e. The van der Waals surface area contributed by atoms with Crippen molar-refractivity contribution < 1.29 is 4.79 Å². The molecule has 30 heavy (non-hydrogen) atoms. The lowest BCUT2D eigenvalue weighted by molar-refractivity contribution is -0.126. The molecular weight excluding hydrogens is 396 g/mol. The van der Waals surface area contributed by atoms with Crippen LogP contribution in [0.2, 0.25) is 5.02 Å². The maximum Gasteiger partial charge on any atom is 0.223 e. The predicted octanol–water partition coefficient (Wildman–Crippen LogP) is 4.11. The van der Waals surface area contributed by atoms with Crippen LogP contribution in [-0.4, -0.2) is 33.4 Å². The van der Waals surface area contributed by atoms with Crippen LogP contribution in [0, 0.1) is 5.92 Å². The van der Waals surface area contributed by atoms with Crippen molar-refractivity contribution in [2.45, 2.75) is 32.5 Å². The van der Waals surface area contributed by atoms with E-state index in [4.69, 9.17) is 11.6 Å². The van der Waals surface area contributed by atoms with Crippen LogP contribution in [0.3, 0.4) is 0 Å². The summed E-state index contributed by atoms with van der Waals surface area (Å²) >= 11 is 6.28. The number of carbonyl (C=O) groups excluding carboxylic acids is 1. The number of rotatable bonds is 7. The highest BCUT2D eigenvalue weighted by Crippen LogP contribution is 2.22. The second kappa shape index (κ2) is 9.92. The van der Waals surface area contributed by atoms with E-state index in [1.807, 2.05) is 41.4 Å². The number of imidazole rings is 1. The largest absolute Gasteiger partial charge is 0.352 e. The van der Waals surface area contributed by atoms with Gasteiger partial charge in [0.05, 0.1) is 6.33 Å². The number of hydrogen-bond acceptors (Lipinski definition) is 3. The average molecular weight is 423 g/mol. The van der Waals surface area contributed by atoms with Crippen molar-refractivity contribution in [3.05, 3.63) is 89.0 Å². The minimum atomic E-state index is 0.0848. The molecule has 1 aliphatic rings. The van der Waals surface area contributed by atoms with Crippen LogP contribution in [0.5, 0.6) is 0 Å². The number of likely N-dealkylation sites (tertiary alicyclic amines) is 1. The summed E-state index contributed by atoms with van der Waals surface area (Å²) in [4.78, 5) is 19.1. The Balaban J connectivity index is 1.24. The van der Waals surface area contributed by atoms with Gasteiger partial charge in [0.1, 0.15) is 0 Å². The van der Waals surface area contributed by atoms with Crippen molar-refractivity contribution in [1.82, 2.24) is 19.8 Å². The minimum Gasteiger partial charge on any atom is -0.352 e. The van der Waals surface area contributed by atoms with Crippen LogP contribution in [0.4, 0.5) is 0 Å². The lowest BCUT2D eigenvalue weighted by Gasteiger charge is -2.31. The van der Waals surface area contributed by atoms with Crippen molar-refractivity contribution >= 4 is 17.5 Å². The fourth-order valence-electron chi connectivity index (χ4n) is 3.98. The Kier molecular flexibility index (Phi) is 6.82. The highest BCUT2D eigenvalue weighted by molar-refractivity contribution is 6.31. The van der Waals surface area contributed by atoms with E-state index < -0.39 is 0 Å². The van der Waals surface area contributed by atoms with E-state index in [1.165, 1.54) is 5.56 Å². The van der Waals surface area contributed by atoms with Crippen molar-refractivity contribution in [3.8, 4) is 0 Å². The lowest BCUT2D eigenvalue weighted by atomic mass is 9.95. The maximum absolute atomic E-state index is 12.7. The third-order valence-corrected chi connectivity index (χ3v) is 6.06. The standard InChI is InChI=1S/C24H27ClN4O/c25-23-7-2-1-6-22(23)17-28-11-8-21(9-12-28)24(30)27-15-19-4-3-5-20(14-19)16-29-13-10-26-18-29/h1-7,10,13-14,18,21H,8-9,11-12,15-17H2,(H,27,30). The predicted molar refractivity (Wildman–Crippen MR) is 119 cm³/mol. The van der Waals surface area contributed by atoms with Crippen LogP contribution >= 0.6 is 11.6 Å². The van der Waals surface area contributed by atoms with Gasteiger partial charge in [-0.25, -0.2) is 4.98 Å². The first-order valence-electron chi connectivity index (χ1n) is 10.4. The number of nitrogens with zero attached hydrogens (tertiary/aromatic N) is 3. The van der Waals surface area contributed by atoms with Gasteiger partial charge < -0.3 is 9.88 Å². The van der Waals surface area contributed by atoms with Crippen molar-refractivity contribution in [1.29, 1.82) is 0 Å². The lowest BCUT2D eigenvalue weighted by Crippen LogP contribution is -2.40. The van der Waals surface area contributed by atoms with Crippen LogP contribution in [-0.2, 0) is 24.4 Å². The molecule has 1 aliphatic heterocycles. The molecule has 6 heteroatoms. The van der Waals surface area contributed by atoms with E-state index in [0.717, 1.165) is 55.2 Å². The SMILES string of the molecule is O=C(NCc1cccc(Cn2ccnc2)c1)C1CCN(Cc2ccccc2Cl)CC1. The normalized spacial score (nSPS) is 15.2. The number of nitrogens with one attached hydrogen (secondary N) is 1. The molecule has 0 atom stereocenters. The minimum absolute atomic E-state index is 0.0848. The Morgan fingerprint density at radius 2 is 1.87 bits per heavy atom. The van der Waals surface area contributed by atoms with E-state index in [2.05, 4.69) is 39.5 Å². The Bertz CT molecular complexity index is 965. The fourth-order valence-corrected chi connectivity index (χ4v) is 4.18. The summed E-state index contributed by atoms with van der Waals surface area (Å²) in [5, 5.41) is 3.94. The first kappa shape index (κ1) is 20.6. The van der Waals surface area contributed by atoms with Crippen LogP contribution in [0.25, 0.3) is 0 Å². The summed E-state index contributed by atoms with van der Waals surface area (Å²) in [5.74, 6) is 0.244. The topological polar surface area (TPSA) is 50.2 Å². The Hall–Kier alpha value is -2.63. The Morgan fingerprint density at radius 1 is 1.07 bits per heavy atom. The molecule has 2 heterocycles. The first-order chi connectivity index (χ1) is 14.7. The number of hydrogen-bond donors (Lipinski definition) is 1. The van der Waals surface area contributed by atoms with Crippen molar-refractivity contribution in [3.63, 3.8) is 0 Å². The van der Waals surface area contributed by atoms with Crippen molar-refractivity contribution in [2.75, 3.05) is 13.1 Å². The molecule has 3 aromatic rings. The second-order valence-corrected chi connectivity index (χ2v) is 8.32. The summed E-state index contributed by atoms with van der Waals surface area (Å²) in [6, 6.07) is 16.3. The van der Waals surface area contributed by atoms with E-state index >= 15 is 0 Å². The number of aromatic nitrogens is 2. The van der Waals surface area contributed by atoms with Crippen LogP contribution in [0.1, 0.15) is 29.5 Å². The third kappa shape index (κ3) is 5.49. The molecule has 0 bridgehead atoms. The molecule has 0 aliphatic carbocycles. The highest BCUT2D eigenvalue weighted by atomic mass is 35.5. The van der Waals surface area contributed by atoms with Gasteiger partial charge in [-0.1, -0.05) is 54.1 Å². The molecule has 1 amide bonds. The summed E-state index contributed by atoms with van der Waals surface area (Å²) in [6.07, 6.45) is 7.32. The third-order valence-electron chi connectivity index (χ3n) is 5.69. The van der Waals surface area contributed by atoms with Crippen molar-refractivity contribution in [2.24, 2.45) is 5.92 Å². The van der Waals surface area contributed by atoms with E-state index in [0.29, 0.717) is 6.54 Å². The summed E-state index contributed by atoms with van der Waals surface area (Å²) in [7, 11) is 0. The molecule has 0 saturated carbocycles. The molecule has 0 unspecified atom stereocenters. The summed E-state index contributed by atoms with van der Waals surface area (Å²) in [5.41, 5.74) is 3.47. The molecule has 1 aromatic heterocycles. The molecule has 156 valence electrons. The van der Waals surface area contributed by atoms with Crippen LogP contribution in [0.15, 0.2) is 67.3 Å². The van der Waals surface area contributed by atoms with Gasteiger partial charge >= 0.3 is 0 Å². The molecule has 4 rings (SSSR count). The van der Waals surface area contributed by atoms with Gasteiger partial charge in [0.25, 0.3) is 0 Å². The molecule has 1 N–H and O–H groups in total.